The average Bonchev–Trinajstić information content (AvgIpc) is 2.85. The Balaban J connectivity index is 1.96. The Morgan fingerprint density at radius 1 is 1.08 bits per heavy atom. The molecule has 0 radical (unpaired) electrons. The summed E-state index contributed by atoms with van der Waals surface area (Å²) in [7, 11) is 0. The van der Waals surface area contributed by atoms with E-state index in [-0.39, 0.29) is 12.5 Å². The first-order valence-electron chi connectivity index (χ1n) is 12.5. The summed E-state index contributed by atoms with van der Waals surface area (Å²) in [5, 5.41) is 8.84. The largest absolute Gasteiger partial charge is 0.480 e. The molecule has 1 aromatic heterocycles. The number of rotatable bonds is 7. The third kappa shape index (κ3) is 8.61. The van der Waals surface area contributed by atoms with Crippen molar-refractivity contribution in [3.05, 3.63) is 59.7 Å². The van der Waals surface area contributed by atoms with Gasteiger partial charge in [-0.15, -0.1) is 0 Å². The lowest BCUT2D eigenvalue weighted by atomic mass is 10.1. The molecule has 37 heavy (non-hydrogen) atoms. The molecule has 0 fully saturated rings. The van der Waals surface area contributed by atoms with Crippen LogP contribution in [0.5, 0.6) is 0 Å². The molecule has 1 aromatic carbocycles. The van der Waals surface area contributed by atoms with Crippen LogP contribution < -0.4 is 4.90 Å². The SMILES string of the molecule is CC(C)CN1CCCN(C(=O)COCC(=O)O)Cc2cc(F)ccc2N(C(=O)c2cccnc2)CCC1. The second kappa shape index (κ2) is 13.8. The molecule has 1 N–H and O–H groups in total. The summed E-state index contributed by atoms with van der Waals surface area (Å²) in [6, 6.07) is 7.60. The van der Waals surface area contributed by atoms with Crippen LogP contribution in [0.15, 0.2) is 42.7 Å². The maximum atomic E-state index is 14.4. The highest BCUT2D eigenvalue weighted by molar-refractivity contribution is 6.06. The Labute approximate surface area is 216 Å². The van der Waals surface area contributed by atoms with Crippen LogP contribution in [0, 0.1) is 11.7 Å². The van der Waals surface area contributed by atoms with Gasteiger partial charge in [0.05, 0.1) is 5.56 Å². The Morgan fingerprint density at radius 3 is 2.51 bits per heavy atom. The highest BCUT2D eigenvalue weighted by Crippen LogP contribution is 2.26. The number of ether oxygens (including phenoxy) is 1. The lowest BCUT2D eigenvalue weighted by molar-refractivity contribution is -0.146. The van der Waals surface area contributed by atoms with Crippen molar-refractivity contribution >= 4 is 23.5 Å². The van der Waals surface area contributed by atoms with Gasteiger partial charge in [0.15, 0.2) is 0 Å². The first-order valence-corrected chi connectivity index (χ1v) is 12.5. The molecule has 0 aliphatic carbocycles. The number of pyridine rings is 1. The van der Waals surface area contributed by atoms with Gasteiger partial charge < -0.3 is 24.5 Å². The zero-order valence-electron chi connectivity index (χ0n) is 21.4. The summed E-state index contributed by atoms with van der Waals surface area (Å²) < 4.78 is 19.4. The molecule has 0 spiro atoms. The minimum absolute atomic E-state index is 0.0589. The number of aliphatic carboxylic acids is 1. The van der Waals surface area contributed by atoms with E-state index >= 15 is 0 Å². The van der Waals surface area contributed by atoms with Crippen LogP contribution in [-0.2, 0) is 20.9 Å². The fourth-order valence-electron chi connectivity index (χ4n) is 4.48. The molecule has 2 amide bonds. The number of fused-ring (bicyclic) bond motifs is 1. The molecule has 1 aliphatic heterocycles. The lowest BCUT2D eigenvalue weighted by Crippen LogP contribution is -2.40. The third-order valence-corrected chi connectivity index (χ3v) is 6.03. The molecule has 0 unspecified atom stereocenters. The smallest absolute Gasteiger partial charge is 0.329 e. The van der Waals surface area contributed by atoms with Gasteiger partial charge in [0.1, 0.15) is 19.0 Å². The van der Waals surface area contributed by atoms with Crippen LogP contribution in [0.2, 0.25) is 0 Å². The monoisotopic (exact) mass is 514 g/mol. The molecule has 0 saturated carbocycles. The summed E-state index contributed by atoms with van der Waals surface area (Å²) in [4.78, 5) is 47.0. The van der Waals surface area contributed by atoms with Gasteiger partial charge in [0.2, 0.25) is 5.91 Å². The molecule has 3 rings (SSSR count). The number of hydrogen-bond acceptors (Lipinski definition) is 6. The molecule has 2 aromatic rings. The number of amides is 2. The van der Waals surface area contributed by atoms with Crippen molar-refractivity contribution in [2.75, 3.05) is 50.8 Å². The number of halogens is 1. The molecule has 2 heterocycles. The molecule has 0 atom stereocenters. The summed E-state index contributed by atoms with van der Waals surface area (Å²) in [6.45, 7) is 6.57. The van der Waals surface area contributed by atoms with Crippen LogP contribution in [0.1, 0.15) is 42.6 Å². The van der Waals surface area contributed by atoms with Crippen LogP contribution in [0.4, 0.5) is 10.1 Å². The molecular weight excluding hydrogens is 479 g/mol. The fourth-order valence-corrected chi connectivity index (χ4v) is 4.48. The zero-order valence-corrected chi connectivity index (χ0v) is 21.4. The van der Waals surface area contributed by atoms with E-state index in [0.29, 0.717) is 42.2 Å². The fraction of sp³-hybridized carbons (Fsp3) is 0.481. The van der Waals surface area contributed by atoms with Crippen LogP contribution in [0.3, 0.4) is 0 Å². The van der Waals surface area contributed by atoms with Crippen molar-refractivity contribution in [1.82, 2.24) is 14.8 Å². The highest BCUT2D eigenvalue weighted by atomic mass is 19.1. The lowest BCUT2D eigenvalue weighted by Gasteiger charge is -2.32. The number of carboxylic acid groups (broad SMARTS) is 1. The zero-order chi connectivity index (χ0) is 26.8. The predicted octanol–water partition coefficient (Wildman–Crippen LogP) is 3.05. The Kier molecular flexibility index (Phi) is 10.5. The van der Waals surface area contributed by atoms with Gasteiger partial charge in [-0.25, -0.2) is 9.18 Å². The predicted molar refractivity (Wildman–Crippen MR) is 137 cm³/mol. The number of anilines is 1. The van der Waals surface area contributed by atoms with Crippen molar-refractivity contribution in [3.63, 3.8) is 0 Å². The number of hydrogen-bond donors (Lipinski definition) is 1. The second-order valence-corrected chi connectivity index (χ2v) is 9.57. The van der Waals surface area contributed by atoms with E-state index in [9.17, 15) is 18.8 Å². The molecule has 0 bridgehead atoms. The van der Waals surface area contributed by atoms with Crippen molar-refractivity contribution in [2.24, 2.45) is 5.92 Å². The number of benzene rings is 1. The summed E-state index contributed by atoms with van der Waals surface area (Å²) in [5.41, 5.74) is 1.43. The van der Waals surface area contributed by atoms with Crippen LogP contribution in [-0.4, -0.2) is 83.6 Å². The normalized spacial score (nSPS) is 15.6. The molecule has 1 aliphatic rings. The average molecular weight is 515 g/mol. The van der Waals surface area contributed by atoms with E-state index in [0.717, 1.165) is 26.1 Å². The summed E-state index contributed by atoms with van der Waals surface area (Å²) in [5.74, 6) is -1.84. The van der Waals surface area contributed by atoms with E-state index in [2.05, 4.69) is 23.7 Å². The minimum atomic E-state index is -1.16. The van der Waals surface area contributed by atoms with E-state index in [4.69, 9.17) is 9.84 Å². The van der Waals surface area contributed by atoms with Crippen LogP contribution >= 0.6 is 0 Å². The minimum Gasteiger partial charge on any atom is -0.480 e. The number of nitrogens with zero attached hydrogens (tertiary/aromatic N) is 4. The first-order chi connectivity index (χ1) is 17.7. The number of aromatic nitrogens is 1. The van der Waals surface area contributed by atoms with Gasteiger partial charge in [0, 0.05) is 44.3 Å². The van der Waals surface area contributed by atoms with E-state index in [1.165, 1.54) is 18.3 Å². The topological polar surface area (TPSA) is 103 Å². The Morgan fingerprint density at radius 2 is 1.84 bits per heavy atom. The van der Waals surface area contributed by atoms with Crippen molar-refractivity contribution in [1.29, 1.82) is 0 Å². The van der Waals surface area contributed by atoms with Crippen molar-refractivity contribution in [2.45, 2.75) is 33.2 Å². The van der Waals surface area contributed by atoms with Crippen molar-refractivity contribution in [3.8, 4) is 0 Å². The van der Waals surface area contributed by atoms with Gasteiger partial charge in [-0.05, 0) is 67.7 Å². The van der Waals surface area contributed by atoms with Gasteiger partial charge in [0.25, 0.3) is 5.91 Å². The number of carbonyl (C=O) groups excluding carboxylic acids is 2. The van der Waals surface area contributed by atoms with E-state index < -0.39 is 30.9 Å². The number of carbonyl (C=O) groups is 3. The molecule has 200 valence electrons. The third-order valence-electron chi connectivity index (χ3n) is 6.03. The molecule has 10 heteroatoms. The standard InChI is InChI=1S/C27H35FN4O5/c1-20(2)16-30-10-4-12-31(25(33)18-37-19-26(34)35)17-22-14-23(28)7-8-24(22)32(13-5-11-30)27(36)21-6-3-9-29-15-21/h3,6-9,14-15,20H,4-5,10-13,16-19H2,1-2H3,(H,34,35). The Hall–Kier alpha value is -3.37. The molecule has 9 nitrogen and oxygen atoms in total. The van der Waals surface area contributed by atoms with Gasteiger partial charge >= 0.3 is 5.97 Å². The Bertz CT molecular complexity index is 1070. The second-order valence-electron chi connectivity index (χ2n) is 9.57. The van der Waals surface area contributed by atoms with E-state index in [1.807, 2.05) is 0 Å². The highest BCUT2D eigenvalue weighted by Gasteiger charge is 2.25. The molecular formula is C27H35FN4O5. The summed E-state index contributed by atoms with van der Waals surface area (Å²) in [6.07, 6.45) is 4.51. The number of carboxylic acids is 1. The molecule has 0 saturated heterocycles. The maximum Gasteiger partial charge on any atom is 0.329 e. The van der Waals surface area contributed by atoms with Gasteiger partial charge in [-0.2, -0.15) is 0 Å². The maximum absolute atomic E-state index is 14.4. The van der Waals surface area contributed by atoms with E-state index in [1.54, 1.807) is 34.2 Å². The first kappa shape index (κ1) is 28.2. The quantitative estimate of drug-likeness (QED) is 0.606. The summed E-state index contributed by atoms with van der Waals surface area (Å²) >= 11 is 0. The van der Waals surface area contributed by atoms with Crippen LogP contribution in [0.25, 0.3) is 0 Å². The van der Waals surface area contributed by atoms with Gasteiger partial charge in [-0.1, -0.05) is 13.8 Å². The van der Waals surface area contributed by atoms with Crippen molar-refractivity contribution < 1.29 is 28.6 Å². The van der Waals surface area contributed by atoms with Gasteiger partial charge in [-0.3, -0.25) is 14.6 Å².